The van der Waals surface area contributed by atoms with Crippen LogP contribution in [0.3, 0.4) is 0 Å². The number of nitrogens with one attached hydrogen (secondary N) is 1. The van der Waals surface area contributed by atoms with Crippen LogP contribution in [0.4, 0.5) is 18.0 Å². The third-order valence-electron chi connectivity index (χ3n) is 2.43. The average molecular weight is 318 g/mol. The molecule has 118 valence electrons. The fraction of sp³-hybridized carbons (Fsp3) is 0.900. The van der Waals surface area contributed by atoms with Crippen LogP contribution in [-0.2, 0) is 14.8 Å². The number of sulfonamides is 1. The lowest BCUT2D eigenvalue weighted by molar-refractivity contribution is -0.0122. The fourth-order valence-electron chi connectivity index (χ4n) is 1.62. The van der Waals surface area contributed by atoms with Gasteiger partial charge in [0, 0.05) is 6.54 Å². The van der Waals surface area contributed by atoms with Gasteiger partial charge < -0.3 is 9.64 Å². The summed E-state index contributed by atoms with van der Waals surface area (Å²) in [6.07, 6.45) is -0.973. The van der Waals surface area contributed by atoms with Crippen LogP contribution in [0.2, 0.25) is 0 Å². The Balaban J connectivity index is 2.77. The zero-order valence-corrected chi connectivity index (χ0v) is 12.1. The summed E-state index contributed by atoms with van der Waals surface area (Å²) in [6, 6.07) is -3.66. The number of hydrogen-bond acceptors (Lipinski definition) is 4. The van der Waals surface area contributed by atoms with Crippen LogP contribution in [0.5, 0.6) is 0 Å². The predicted molar refractivity (Wildman–Crippen MR) is 64.6 cm³/mol. The number of likely N-dealkylation sites (tertiary alicyclic amines) is 1. The van der Waals surface area contributed by atoms with Crippen molar-refractivity contribution in [3.8, 4) is 0 Å². The molecule has 0 saturated carbocycles. The molecular weight excluding hydrogens is 301 g/mol. The maximum absolute atomic E-state index is 13.6. The van der Waals surface area contributed by atoms with Gasteiger partial charge in [-0.1, -0.05) is 0 Å². The normalized spacial score (nSPS) is 22.9. The van der Waals surface area contributed by atoms with Gasteiger partial charge in [0.15, 0.2) is 0 Å². The molecule has 0 radical (unpaired) electrons. The number of alkyl halides is 3. The zero-order valence-electron chi connectivity index (χ0n) is 11.3. The topological polar surface area (TPSA) is 75.7 Å². The van der Waals surface area contributed by atoms with E-state index >= 15 is 0 Å². The van der Waals surface area contributed by atoms with Gasteiger partial charge in [-0.25, -0.2) is 31.1 Å². The van der Waals surface area contributed by atoms with Gasteiger partial charge in [0.05, 0.1) is 6.54 Å². The van der Waals surface area contributed by atoms with E-state index in [0.29, 0.717) is 4.90 Å². The van der Waals surface area contributed by atoms with Crippen LogP contribution in [0.15, 0.2) is 0 Å². The van der Waals surface area contributed by atoms with Crippen LogP contribution in [0, 0.1) is 0 Å². The minimum absolute atomic E-state index is 0.582. The number of carbonyl (C=O) groups excluding carboxylic acids is 1. The largest absolute Gasteiger partial charge is 0.444 e. The molecule has 1 aliphatic heterocycles. The molecule has 0 aromatic heterocycles. The summed E-state index contributed by atoms with van der Waals surface area (Å²) in [7, 11) is -4.43. The second-order valence-electron chi connectivity index (χ2n) is 5.52. The number of carbonyl (C=O) groups is 1. The highest BCUT2D eigenvalue weighted by molar-refractivity contribution is 7.89. The molecule has 1 atom stereocenters. The van der Waals surface area contributed by atoms with E-state index in [4.69, 9.17) is 4.74 Å². The first kappa shape index (κ1) is 17.0. The molecule has 0 aromatic rings. The Morgan fingerprint density at radius 1 is 1.45 bits per heavy atom. The van der Waals surface area contributed by atoms with Gasteiger partial charge in [0.1, 0.15) is 11.6 Å². The predicted octanol–water partition coefficient (Wildman–Crippen LogP) is 1.09. The molecule has 1 N–H and O–H groups in total. The van der Waals surface area contributed by atoms with Crippen molar-refractivity contribution >= 4 is 16.1 Å². The number of nitrogens with zero attached hydrogens (tertiary/aromatic N) is 1. The highest BCUT2D eigenvalue weighted by Gasteiger charge is 2.51. The van der Waals surface area contributed by atoms with Crippen LogP contribution >= 0.6 is 0 Å². The van der Waals surface area contributed by atoms with E-state index < -0.39 is 52.8 Å². The van der Waals surface area contributed by atoms with E-state index in [0.717, 1.165) is 0 Å². The van der Waals surface area contributed by atoms with Crippen molar-refractivity contribution in [3.63, 3.8) is 0 Å². The standard InChI is InChI=1S/C10H17F3N2O4S/c1-9(2,3)19-8(16)15-4-7(10(12,13)5-15)14-20(17,18)6-11/h7,14H,4-6H2,1-3H3/t7-/m1/s1. The molecule has 10 heteroatoms. The van der Waals surface area contributed by atoms with Crippen molar-refractivity contribution in [1.82, 2.24) is 9.62 Å². The molecule has 0 unspecified atom stereocenters. The Morgan fingerprint density at radius 2 is 2.00 bits per heavy atom. The van der Waals surface area contributed by atoms with E-state index in [1.165, 1.54) is 0 Å². The lowest BCUT2D eigenvalue weighted by Crippen LogP contribution is -2.47. The maximum Gasteiger partial charge on any atom is 0.410 e. The molecular formula is C10H17F3N2O4S. The summed E-state index contributed by atoms with van der Waals surface area (Å²) in [5, 5.41) is 0. The minimum Gasteiger partial charge on any atom is -0.444 e. The Bertz CT molecular complexity index is 475. The first-order valence-electron chi connectivity index (χ1n) is 5.78. The first-order chi connectivity index (χ1) is 8.86. The minimum atomic E-state index is -4.43. The van der Waals surface area contributed by atoms with Gasteiger partial charge in [0.2, 0.25) is 16.0 Å². The first-order valence-corrected chi connectivity index (χ1v) is 7.43. The molecule has 0 aromatic carbocycles. The third-order valence-corrected chi connectivity index (χ3v) is 3.36. The summed E-state index contributed by atoms with van der Waals surface area (Å²) < 4.78 is 67.8. The molecule has 6 nitrogen and oxygen atoms in total. The van der Waals surface area contributed by atoms with Crippen LogP contribution in [0.1, 0.15) is 20.8 Å². The smallest absolute Gasteiger partial charge is 0.410 e. The molecule has 0 aliphatic carbocycles. The number of hydrogen-bond donors (Lipinski definition) is 1. The number of rotatable bonds is 3. The van der Waals surface area contributed by atoms with Crippen LogP contribution in [0.25, 0.3) is 0 Å². The molecule has 1 saturated heterocycles. The third kappa shape index (κ3) is 4.51. The van der Waals surface area contributed by atoms with E-state index in [1.807, 2.05) is 0 Å². The molecule has 20 heavy (non-hydrogen) atoms. The molecule has 1 fully saturated rings. The summed E-state index contributed by atoms with van der Waals surface area (Å²) in [5.41, 5.74) is -0.858. The molecule has 1 heterocycles. The maximum atomic E-state index is 13.6. The fourth-order valence-corrected chi connectivity index (χ4v) is 2.36. The zero-order chi connectivity index (χ0) is 15.8. The summed E-state index contributed by atoms with van der Waals surface area (Å²) >= 11 is 0. The quantitative estimate of drug-likeness (QED) is 0.845. The average Bonchev–Trinajstić information content (AvgIpc) is 2.52. The molecule has 1 amide bonds. The van der Waals surface area contributed by atoms with Crippen molar-refractivity contribution in [2.24, 2.45) is 0 Å². The molecule has 1 rings (SSSR count). The second-order valence-corrected chi connectivity index (χ2v) is 7.20. The number of ether oxygens (including phenoxy) is 1. The highest BCUT2D eigenvalue weighted by atomic mass is 32.2. The van der Waals surface area contributed by atoms with Gasteiger partial charge in [-0.05, 0) is 20.8 Å². The molecule has 0 spiro atoms. The van der Waals surface area contributed by atoms with Crippen LogP contribution in [-0.4, -0.2) is 56.1 Å². The number of amides is 1. The summed E-state index contributed by atoms with van der Waals surface area (Å²) in [4.78, 5) is 12.3. The van der Waals surface area contributed by atoms with Crippen molar-refractivity contribution < 1.29 is 31.1 Å². The number of halogens is 3. The lowest BCUT2D eigenvalue weighted by atomic mass is 10.2. The van der Waals surface area contributed by atoms with E-state index in [1.54, 1.807) is 25.5 Å². The Morgan fingerprint density at radius 3 is 2.45 bits per heavy atom. The monoisotopic (exact) mass is 318 g/mol. The Labute approximate surface area is 115 Å². The van der Waals surface area contributed by atoms with Crippen LogP contribution < -0.4 is 4.72 Å². The van der Waals surface area contributed by atoms with Gasteiger partial charge in [0.25, 0.3) is 5.92 Å². The summed E-state index contributed by atoms with van der Waals surface area (Å²) in [5.74, 6) is -3.49. The van der Waals surface area contributed by atoms with Crippen molar-refractivity contribution in [1.29, 1.82) is 0 Å². The van der Waals surface area contributed by atoms with Gasteiger partial charge >= 0.3 is 6.09 Å². The molecule has 1 aliphatic rings. The van der Waals surface area contributed by atoms with Gasteiger partial charge in [-0.15, -0.1) is 0 Å². The Kier molecular flexibility index (Phi) is 4.59. The van der Waals surface area contributed by atoms with Gasteiger partial charge in [-0.2, -0.15) is 0 Å². The highest BCUT2D eigenvalue weighted by Crippen LogP contribution is 2.29. The van der Waals surface area contributed by atoms with E-state index in [9.17, 15) is 26.4 Å². The van der Waals surface area contributed by atoms with Crippen molar-refractivity contribution in [2.75, 3.05) is 19.1 Å². The Hall–Kier alpha value is -1.03. The lowest BCUT2D eigenvalue weighted by Gasteiger charge is -2.24. The van der Waals surface area contributed by atoms with Gasteiger partial charge in [-0.3, -0.25) is 0 Å². The van der Waals surface area contributed by atoms with Crippen molar-refractivity contribution in [3.05, 3.63) is 0 Å². The SMILES string of the molecule is CC(C)(C)OC(=O)N1C[C@@H](NS(=O)(=O)CF)C(F)(F)C1. The second kappa shape index (κ2) is 5.40. The van der Waals surface area contributed by atoms with E-state index in [-0.39, 0.29) is 0 Å². The van der Waals surface area contributed by atoms with E-state index in [2.05, 4.69) is 0 Å². The van der Waals surface area contributed by atoms with Crippen molar-refractivity contribution in [2.45, 2.75) is 38.3 Å². The summed E-state index contributed by atoms with van der Waals surface area (Å²) in [6.45, 7) is 3.15. The molecule has 0 bridgehead atoms.